The standard InChI is InChI=1S/C25H27N3O2S/c1-17-11-13-28(14-12-17)22-10-6-5-9-21(22)26-25(31)27-24(29)20-15-18-7-3-4-8-19(18)16-23(20)30-2/h3-10,15-17H,11-14H2,1-2H3,(H2,26,27,29,31). The van der Waals surface area contributed by atoms with Crippen LogP contribution < -0.4 is 20.3 Å². The van der Waals surface area contributed by atoms with Crippen molar-refractivity contribution in [3.8, 4) is 5.75 Å². The number of rotatable bonds is 4. The second kappa shape index (κ2) is 9.35. The summed E-state index contributed by atoms with van der Waals surface area (Å²) >= 11 is 5.47. The summed E-state index contributed by atoms with van der Waals surface area (Å²) in [5.74, 6) is 0.972. The van der Waals surface area contributed by atoms with Crippen LogP contribution in [0.2, 0.25) is 0 Å². The maximum atomic E-state index is 13.0. The van der Waals surface area contributed by atoms with E-state index in [2.05, 4.69) is 28.5 Å². The summed E-state index contributed by atoms with van der Waals surface area (Å²) in [4.78, 5) is 15.3. The van der Waals surface area contributed by atoms with Crippen LogP contribution in [0.25, 0.3) is 10.8 Å². The minimum Gasteiger partial charge on any atom is -0.496 e. The highest BCUT2D eigenvalue weighted by Crippen LogP contribution is 2.30. The number of fused-ring (bicyclic) bond motifs is 1. The van der Waals surface area contributed by atoms with E-state index in [1.807, 2.05) is 54.6 Å². The molecule has 1 amide bonds. The van der Waals surface area contributed by atoms with E-state index < -0.39 is 0 Å². The Labute approximate surface area is 188 Å². The minimum atomic E-state index is -0.301. The highest BCUT2D eigenvalue weighted by Gasteiger charge is 2.19. The average molecular weight is 434 g/mol. The quantitative estimate of drug-likeness (QED) is 0.553. The number of thiocarbonyl (C=S) groups is 1. The first-order valence-corrected chi connectivity index (χ1v) is 11.0. The van der Waals surface area contributed by atoms with Gasteiger partial charge in [0.15, 0.2) is 5.11 Å². The number of hydrogen-bond donors (Lipinski definition) is 2. The van der Waals surface area contributed by atoms with Crippen LogP contribution in [-0.4, -0.2) is 31.2 Å². The van der Waals surface area contributed by atoms with Gasteiger partial charge < -0.3 is 15.0 Å². The van der Waals surface area contributed by atoms with Gasteiger partial charge in [0.25, 0.3) is 5.91 Å². The molecule has 0 aliphatic carbocycles. The lowest BCUT2D eigenvalue weighted by Gasteiger charge is -2.33. The van der Waals surface area contributed by atoms with E-state index in [-0.39, 0.29) is 11.0 Å². The Morgan fingerprint density at radius 1 is 1.03 bits per heavy atom. The summed E-state index contributed by atoms with van der Waals surface area (Å²) in [6, 6.07) is 19.6. The van der Waals surface area contributed by atoms with Gasteiger partial charge in [0.2, 0.25) is 0 Å². The summed E-state index contributed by atoms with van der Waals surface area (Å²) in [5, 5.41) is 8.26. The zero-order valence-electron chi connectivity index (χ0n) is 17.9. The predicted molar refractivity (Wildman–Crippen MR) is 131 cm³/mol. The lowest BCUT2D eigenvalue weighted by Crippen LogP contribution is -2.36. The molecule has 5 nitrogen and oxygen atoms in total. The van der Waals surface area contributed by atoms with Crippen LogP contribution in [0.15, 0.2) is 60.7 Å². The highest BCUT2D eigenvalue weighted by atomic mass is 32.1. The number of amides is 1. The number of piperidine rings is 1. The van der Waals surface area contributed by atoms with Gasteiger partial charge in [-0.05, 0) is 66.0 Å². The van der Waals surface area contributed by atoms with E-state index >= 15 is 0 Å². The fourth-order valence-electron chi connectivity index (χ4n) is 3.99. The normalized spacial score (nSPS) is 14.3. The number of methoxy groups -OCH3 is 1. The van der Waals surface area contributed by atoms with Crippen molar-refractivity contribution in [2.45, 2.75) is 19.8 Å². The fraction of sp³-hybridized carbons (Fsp3) is 0.280. The van der Waals surface area contributed by atoms with Crippen LogP contribution in [0, 0.1) is 5.92 Å². The Kier molecular flexibility index (Phi) is 6.37. The summed E-state index contributed by atoms with van der Waals surface area (Å²) in [6.07, 6.45) is 2.36. The van der Waals surface area contributed by atoms with Crippen molar-refractivity contribution < 1.29 is 9.53 Å². The van der Waals surface area contributed by atoms with Gasteiger partial charge in [-0.1, -0.05) is 43.3 Å². The number of carbonyl (C=O) groups excluding carboxylic acids is 1. The van der Waals surface area contributed by atoms with Crippen molar-refractivity contribution in [1.29, 1.82) is 0 Å². The summed E-state index contributed by atoms with van der Waals surface area (Å²) < 4.78 is 5.45. The number of carbonyl (C=O) groups is 1. The monoisotopic (exact) mass is 433 g/mol. The van der Waals surface area contributed by atoms with E-state index in [0.29, 0.717) is 11.3 Å². The van der Waals surface area contributed by atoms with Crippen molar-refractivity contribution in [2.24, 2.45) is 5.92 Å². The van der Waals surface area contributed by atoms with Crippen molar-refractivity contribution >= 4 is 45.4 Å². The molecule has 31 heavy (non-hydrogen) atoms. The molecular formula is C25H27N3O2S. The second-order valence-electron chi connectivity index (χ2n) is 7.99. The number of hydrogen-bond acceptors (Lipinski definition) is 4. The van der Waals surface area contributed by atoms with Gasteiger partial charge in [0, 0.05) is 13.1 Å². The highest BCUT2D eigenvalue weighted by molar-refractivity contribution is 7.80. The zero-order chi connectivity index (χ0) is 21.8. The zero-order valence-corrected chi connectivity index (χ0v) is 18.7. The molecule has 1 saturated heterocycles. The van der Waals surface area contributed by atoms with Gasteiger partial charge >= 0.3 is 0 Å². The predicted octanol–water partition coefficient (Wildman–Crippen LogP) is 5.21. The molecule has 0 saturated carbocycles. The van der Waals surface area contributed by atoms with Gasteiger partial charge in [0.1, 0.15) is 5.75 Å². The molecule has 0 unspecified atom stereocenters. The van der Waals surface area contributed by atoms with E-state index in [1.54, 1.807) is 7.11 Å². The van der Waals surface area contributed by atoms with Crippen molar-refractivity contribution in [3.05, 3.63) is 66.2 Å². The first-order chi connectivity index (χ1) is 15.0. The number of benzene rings is 3. The van der Waals surface area contributed by atoms with Crippen molar-refractivity contribution in [3.63, 3.8) is 0 Å². The van der Waals surface area contributed by atoms with Crippen molar-refractivity contribution in [2.75, 3.05) is 30.4 Å². The smallest absolute Gasteiger partial charge is 0.261 e. The largest absolute Gasteiger partial charge is 0.496 e. The Morgan fingerprint density at radius 2 is 1.68 bits per heavy atom. The summed E-state index contributed by atoms with van der Waals surface area (Å²) in [5.41, 5.74) is 2.45. The van der Waals surface area contributed by atoms with Gasteiger partial charge in [-0.2, -0.15) is 0 Å². The molecular weight excluding hydrogens is 406 g/mol. The number of nitrogens with zero attached hydrogens (tertiary/aromatic N) is 1. The molecule has 6 heteroatoms. The maximum Gasteiger partial charge on any atom is 0.261 e. The third kappa shape index (κ3) is 4.80. The summed E-state index contributed by atoms with van der Waals surface area (Å²) in [7, 11) is 1.56. The molecule has 160 valence electrons. The molecule has 4 rings (SSSR count). The maximum absolute atomic E-state index is 13.0. The van der Waals surface area contributed by atoms with Crippen LogP contribution >= 0.6 is 12.2 Å². The molecule has 3 aromatic carbocycles. The van der Waals surface area contributed by atoms with Crippen LogP contribution in [-0.2, 0) is 0 Å². The number of ether oxygens (including phenoxy) is 1. The fourth-order valence-corrected chi connectivity index (χ4v) is 4.20. The molecule has 3 aromatic rings. The van der Waals surface area contributed by atoms with E-state index in [9.17, 15) is 4.79 Å². The van der Waals surface area contributed by atoms with Crippen LogP contribution in [0.3, 0.4) is 0 Å². The molecule has 1 aliphatic rings. The molecule has 0 aromatic heterocycles. The molecule has 0 radical (unpaired) electrons. The van der Waals surface area contributed by atoms with E-state index in [1.165, 1.54) is 12.8 Å². The van der Waals surface area contributed by atoms with Crippen LogP contribution in [0.4, 0.5) is 11.4 Å². The Hall–Kier alpha value is -3.12. The molecule has 0 spiro atoms. The van der Waals surface area contributed by atoms with E-state index in [4.69, 9.17) is 17.0 Å². The first-order valence-electron chi connectivity index (χ1n) is 10.6. The average Bonchev–Trinajstić information content (AvgIpc) is 2.79. The lowest BCUT2D eigenvalue weighted by molar-refractivity contribution is 0.0975. The van der Waals surface area contributed by atoms with Gasteiger partial charge in [-0.3, -0.25) is 10.1 Å². The topological polar surface area (TPSA) is 53.6 Å². The lowest BCUT2D eigenvalue weighted by atomic mass is 9.98. The Morgan fingerprint density at radius 3 is 2.39 bits per heavy atom. The second-order valence-corrected chi connectivity index (χ2v) is 8.40. The number of para-hydroxylation sites is 2. The molecule has 1 heterocycles. The van der Waals surface area contributed by atoms with Crippen LogP contribution in [0.5, 0.6) is 5.75 Å². The Bertz CT molecular complexity index is 1110. The SMILES string of the molecule is COc1cc2ccccc2cc1C(=O)NC(=S)Nc1ccccc1N1CCC(C)CC1. The van der Waals surface area contributed by atoms with Crippen molar-refractivity contribution in [1.82, 2.24) is 5.32 Å². The molecule has 1 fully saturated rings. The third-order valence-electron chi connectivity index (χ3n) is 5.82. The first kappa shape index (κ1) is 21.1. The van der Waals surface area contributed by atoms with Gasteiger partial charge in [0.05, 0.1) is 24.0 Å². The molecule has 0 bridgehead atoms. The van der Waals surface area contributed by atoms with Crippen LogP contribution in [0.1, 0.15) is 30.1 Å². The van der Waals surface area contributed by atoms with Gasteiger partial charge in [-0.15, -0.1) is 0 Å². The molecule has 2 N–H and O–H groups in total. The Balaban J connectivity index is 1.50. The number of anilines is 2. The third-order valence-corrected chi connectivity index (χ3v) is 6.02. The molecule has 1 aliphatic heterocycles. The molecule has 0 atom stereocenters. The number of nitrogens with one attached hydrogen (secondary N) is 2. The minimum absolute atomic E-state index is 0.262. The van der Waals surface area contributed by atoms with E-state index in [0.717, 1.165) is 41.2 Å². The van der Waals surface area contributed by atoms with Gasteiger partial charge in [-0.25, -0.2) is 0 Å². The summed E-state index contributed by atoms with van der Waals surface area (Å²) in [6.45, 7) is 4.34.